The summed E-state index contributed by atoms with van der Waals surface area (Å²) in [6, 6.07) is 9.46. The number of nitrogens with zero attached hydrogens (tertiary/aromatic N) is 2. The molecule has 0 atom stereocenters. The van der Waals surface area contributed by atoms with E-state index in [1.54, 1.807) is 18.2 Å². The minimum atomic E-state index is -3.64. The number of sulfonamides is 1. The molecular formula is C18H18BrFN4O3S. The maximum atomic E-state index is 13.4. The molecule has 1 aliphatic rings. The van der Waals surface area contributed by atoms with Crippen LogP contribution in [0.15, 0.2) is 50.6 Å². The van der Waals surface area contributed by atoms with E-state index in [-0.39, 0.29) is 16.4 Å². The standard InChI is InChI=1S/C18H18BrFN4O3S/c19-14-9-12(1-3-15(14)20)11-23-5-7-24(8-6-23)28(26,27)13-2-4-16-17(10-13)22-18(25)21-16/h1-4,9-10H,5-8,11H2,(H2,21,22,25). The first-order valence-corrected chi connectivity index (χ1v) is 10.9. The van der Waals surface area contributed by atoms with Crippen LogP contribution in [0.4, 0.5) is 4.39 Å². The fourth-order valence-electron chi connectivity index (χ4n) is 3.35. The first-order chi connectivity index (χ1) is 13.3. The molecular weight excluding hydrogens is 451 g/mol. The number of H-pyrrole nitrogens is 2. The number of nitrogens with one attached hydrogen (secondary N) is 2. The van der Waals surface area contributed by atoms with E-state index in [9.17, 15) is 17.6 Å². The summed E-state index contributed by atoms with van der Waals surface area (Å²) in [6.07, 6.45) is 0. The smallest absolute Gasteiger partial charge is 0.306 e. The summed E-state index contributed by atoms with van der Waals surface area (Å²) in [5.74, 6) is -0.305. The Kier molecular flexibility index (Phi) is 5.13. The van der Waals surface area contributed by atoms with Crippen molar-refractivity contribution < 1.29 is 12.8 Å². The van der Waals surface area contributed by atoms with Gasteiger partial charge in [-0.25, -0.2) is 17.6 Å². The Morgan fingerprint density at radius 1 is 1.00 bits per heavy atom. The molecule has 1 aromatic heterocycles. The van der Waals surface area contributed by atoms with Crippen molar-refractivity contribution in [2.24, 2.45) is 0 Å². The summed E-state index contributed by atoms with van der Waals surface area (Å²) in [5, 5.41) is 0. The number of benzene rings is 2. The molecule has 2 heterocycles. The van der Waals surface area contributed by atoms with Crippen LogP contribution in [-0.4, -0.2) is 53.8 Å². The summed E-state index contributed by atoms with van der Waals surface area (Å²) in [5.41, 5.74) is 1.63. The van der Waals surface area contributed by atoms with E-state index in [2.05, 4.69) is 30.8 Å². The van der Waals surface area contributed by atoms with Gasteiger partial charge in [-0.15, -0.1) is 0 Å². The van der Waals surface area contributed by atoms with Crippen LogP contribution in [0.2, 0.25) is 0 Å². The third-order valence-corrected chi connectivity index (χ3v) is 7.35. The molecule has 0 aliphatic carbocycles. The van der Waals surface area contributed by atoms with Gasteiger partial charge in [0.05, 0.1) is 20.4 Å². The molecule has 0 unspecified atom stereocenters. The van der Waals surface area contributed by atoms with Crippen LogP contribution in [-0.2, 0) is 16.6 Å². The van der Waals surface area contributed by atoms with Crippen LogP contribution >= 0.6 is 15.9 Å². The summed E-state index contributed by atoms with van der Waals surface area (Å²) in [4.78, 5) is 18.9. The summed E-state index contributed by atoms with van der Waals surface area (Å²) in [7, 11) is -3.64. The van der Waals surface area contributed by atoms with Gasteiger partial charge in [-0.05, 0) is 51.8 Å². The van der Waals surface area contributed by atoms with Crippen LogP contribution in [0.1, 0.15) is 5.56 Å². The molecule has 2 N–H and O–H groups in total. The van der Waals surface area contributed by atoms with Gasteiger partial charge < -0.3 is 9.97 Å². The van der Waals surface area contributed by atoms with Crippen LogP contribution in [0.5, 0.6) is 0 Å². The molecule has 10 heteroatoms. The van der Waals surface area contributed by atoms with Gasteiger partial charge in [0, 0.05) is 32.7 Å². The van der Waals surface area contributed by atoms with Gasteiger partial charge >= 0.3 is 5.69 Å². The van der Waals surface area contributed by atoms with E-state index in [0.717, 1.165) is 5.56 Å². The minimum absolute atomic E-state index is 0.158. The molecule has 148 valence electrons. The third-order valence-electron chi connectivity index (χ3n) is 4.85. The normalized spacial score (nSPS) is 16.6. The number of halogens is 2. The van der Waals surface area contributed by atoms with Gasteiger partial charge in [0.2, 0.25) is 10.0 Å². The molecule has 0 radical (unpaired) electrons. The third kappa shape index (κ3) is 3.77. The number of rotatable bonds is 4. The molecule has 4 rings (SSSR count). The van der Waals surface area contributed by atoms with Crippen LogP contribution in [0, 0.1) is 5.82 Å². The van der Waals surface area contributed by atoms with Crippen molar-refractivity contribution >= 4 is 37.0 Å². The molecule has 2 aromatic carbocycles. The maximum Gasteiger partial charge on any atom is 0.323 e. The zero-order valence-electron chi connectivity index (χ0n) is 14.8. The SMILES string of the molecule is O=c1[nH]c2ccc(S(=O)(=O)N3CCN(Cc4ccc(F)c(Br)c4)CC3)cc2[nH]1. The molecule has 1 fully saturated rings. The van der Waals surface area contributed by atoms with E-state index in [0.29, 0.717) is 48.2 Å². The number of fused-ring (bicyclic) bond motifs is 1. The van der Waals surface area contributed by atoms with Crippen LogP contribution < -0.4 is 5.69 Å². The van der Waals surface area contributed by atoms with Crippen molar-refractivity contribution in [1.82, 2.24) is 19.2 Å². The first kappa shape index (κ1) is 19.3. The molecule has 7 nitrogen and oxygen atoms in total. The molecule has 0 bridgehead atoms. The molecule has 0 saturated carbocycles. The number of piperazine rings is 1. The number of hydrogen-bond donors (Lipinski definition) is 2. The van der Waals surface area contributed by atoms with Crippen molar-refractivity contribution in [1.29, 1.82) is 0 Å². The highest BCUT2D eigenvalue weighted by Crippen LogP contribution is 2.22. The average Bonchev–Trinajstić information content (AvgIpc) is 3.04. The van der Waals surface area contributed by atoms with Gasteiger partial charge in [0.15, 0.2) is 0 Å². The van der Waals surface area contributed by atoms with Gasteiger partial charge in [0.1, 0.15) is 5.82 Å². The Morgan fingerprint density at radius 2 is 1.71 bits per heavy atom. The van der Waals surface area contributed by atoms with Crippen molar-refractivity contribution in [3.05, 3.63) is 62.7 Å². The second kappa shape index (κ2) is 7.43. The Labute approximate surface area is 169 Å². The fourth-order valence-corrected chi connectivity index (χ4v) is 5.22. The van der Waals surface area contributed by atoms with E-state index in [1.807, 2.05) is 0 Å². The number of aromatic amines is 2. The lowest BCUT2D eigenvalue weighted by atomic mass is 10.2. The maximum absolute atomic E-state index is 13.4. The lowest BCUT2D eigenvalue weighted by molar-refractivity contribution is 0.181. The van der Waals surface area contributed by atoms with Crippen molar-refractivity contribution in [3.8, 4) is 0 Å². The largest absolute Gasteiger partial charge is 0.323 e. The van der Waals surface area contributed by atoms with E-state index >= 15 is 0 Å². The summed E-state index contributed by atoms with van der Waals surface area (Å²) >= 11 is 3.19. The topological polar surface area (TPSA) is 89.3 Å². The van der Waals surface area contributed by atoms with Gasteiger partial charge in [-0.3, -0.25) is 4.90 Å². The molecule has 1 saturated heterocycles. The van der Waals surface area contributed by atoms with E-state index in [1.165, 1.54) is 22.5 Å². The number of hydrogen-bond acceptors (Lipinski definition) is 4. The molecule has 3 aromatic rings. The highest BCUT2D eigenvalue weighted by Gasteiger charge is 2.28. The lowest BCUT2D eigenvalue weighted by Gasteiger charge is -2.34. The molecule has 0 spiro atoms. The number of aromatic nitrogens is 2. The predicted molar refractivity (Wildman–Crippen MR) is 107 cm³/mol. The molecule has 28 heavy (non-hydrogen) atoms. The zero-order valence-corrected chi connectivity index (χ0v) is 17.2. The molecule has 0 amide bonds. The summed E-state index contributed by atoms with van der Waals surface area (Å²) < 4.78 is 41.1. The van der Waals surface area contributed by atoms with Crippen molar-refractivity contribution in [2.45, 2.75) is 11.4 Å². The second-order valence-electron chi connectivity index (χ2n) is 6.72. The van der Waals surface area contributed by atoms with Crippen molar-refractivity contribution in [2.75, 3.05) is 26.2 Å². The monoisotopic (exact) mass is 468 g/mol. The highest BCUT2D eigenvalue weighted by atomic mass is 79.9. The van der Waals surface area contributed by atoms with Crippen molar-refractivity contribution in [3.63, 3.8) is 0 Å². The lowest BCUT2D eigenvalue weighted by Crippen LogP contribution is -2.48. The van der Waals surface area contributed by atoms with Gasteiger partial charge in [0.25, 0.3) is 0 Å². The second-order valence-corrected chi connectivity index (χ2v) is 9.51. The van der Waals surface area contributed by atoms with E-state index < -0.39 is 10.0 Å². The molecule has 1 aliphatic heterocycles. The Balaban J connectivity index is 1.45. The predicted octanol–water partition coefficient (Wildman–Crippen LogP) is 2.26. The van der Waals surface area contributed by atoms with E-state index in [4.69, 9.17) is 0 Å². The van der Waals surface area contributed by atoms with Crippen LogP contribution in [0.3, 0.4) is 0 Å². The average molecular weight is 469 g/mol. The Bertz CT molecular complexity index is 1180. The quantitative estimate of drug-likeness (QED) is 0.614. The fraction of sp³-hybridized carbons (Fsp3) is 0.278. The Hall–Kier alpha value is -2.01. The summed E-state index contributed by atoms with van der Waals surface area (Å²) in [6.45, 7) is 2.52. The van der Waals surface area contributed by atoms with Gasteiger partial charge in [-0.2, -0.15) is 4.31 Å². The minimum Gasteiger partial charge on any atom is -0.306 e. The zero-order chi connectivity index (χ0) is 19.9. The first-order valence-electron chi connectivity index (χ1n) is 8.71. The van der Waals surface area contributed by atoms with Gasteiger partial charge in [-0.1, -0.05) is 6.07 Å². The van der Waals surface area contributed by atoms with Crippen LogP contribution in [0.25, 0.3) is 11.0 Å². The Morgan fingerprint density at radius 3 is 2.43 bits per heavy atom. The highest BCUT2D eigenvalue weighted by molar-refractivity contribution is 9.10. The number of imidazole rings is 1.